The Labute approximate surface area is 163 Å². The highest BCUT2D eigenvalue weighted by molar-refractivity contribution is 9.10. The molecule has 2 atom stereocenters. The maximum atomic E-state index is 13.4. The second kappa shape index (κ2) is 8.80. The molecule has 26 heavy (non-hydrogen) atoms. The third kappa shape index (κ3) is 4.34. The molecule has 1 amide bonds. The zero-order chi connectivity index (χ0) is 18.5. The van der Waals surface area contributed by atoms with E-state index in [1.165, 1.54) is 0 Å². The fourth-order valence-corrected chi connectivity index (χ4v) is 3.57. The number of morpholine rings is 1. The van der Waals surface area contributed by atoms with Gasteiger partial charge in [-0.15, -0.1) is 0 Å². The number of amides is 1. The van der Waals surface area contributed by atoms with E-state index in [-0.39, 0.29) is 18.1 Å². The number of nitrogens with zero attached hydrogens (tertiary/aromatic N) is 2. The Morgan fingerprint density at radius 3 is 2.58 bits per heavy atom. The average molecular weight is 417 g/mol. The Morgan fingerprint density at radius 2 is 1.92 bits per heavy atom. The van der Waals surface area contributed by atoms with Crippen molar-refractivity contribution < 1.29 is 9.53 Å². The summed E-state index contributed by atoms with van der Waals surface area (Å²) in [6.07, 6.45) is -0.0795. The van der Waals surface area contributed by atoms with Gasteiger partial charge >= 0.3 is 0 Å². The Hall–Kier alpha value is -1.69. The van der Waals surface area contributed by atoms with Gasteiger partial charge in [0.05, 0.1) is 13.2 Å². The van der Waals surface area contributed by atoms with E-state index in [9.17, 15) is 4.79 Å². The van der Waals surface area contributed by atoms with Gasteiger partial charge in [-0.25, -0.2) is 0 Å². The largest absolute Gasteiger partial charge is 0.370 e. The summed E-state index contributed by atoms with van der Waals surface area (Å²) in [5.74, 6) is 0.144. The van der Waals surface area contributed by atoms with Crippen molar-refractivity contribution in [3.8, 4) is 0 Å². The molecule has 5 heteroatoms. The van der Waals surface area contributed by atoms with Crippen molar-refractivity contribution in [3.63, 3.8) is 0 Å². The van der Waals surface area contributed by atoms with Crippen LogP contribution in [0.5, 0.6) is 0 Å². The maximum Gasteiger partial charge on any atom is 0.244 e. The van der Waals surface area contributed by atoms with E-state index in [4.69, 9.17) is 4.74 Å². The molecule has 1 aliphatic heterocycles. The molecule has 1 aliphatic rings. The van der Waals surface area contributed by atoms with Gasteiger partial charge in [0.15, 0.2) is 0 Å². The molecule has 1 fully saturated rings. The van der Waals surface area contributed by atoms with Crippen LogP contribution in [0.3, 0.4) is 0 Å². The monoisotopic (exact) mass is 416 g/mol. The van der Waals surface area contributed by atoms with Crippen molar-refractivity contribution in [2.24, 2.45) is 0 Å². The first-order valence-electron chi connectivity index (χ1n) is 9.01. The van der Waals surface area contributed by atoms with Crippen LogP contribution in [0.25, 0.3) is 0 Å². The standard InChI is InChI=1S/C21H25BrN2O2/c1-3-23(2)20(17-7-5-4-6-8-17)21(25)24-13-14-26-19(15-24)16-9-11-18(22)12-10-16/h4-12,19-20H,3,13-15H2,1-2H3. The molecular formula is C21H25BrN2O2. The van der Waals surface area contributed by atoms with Crippen molar-refractivity contribution in [3.05, 3.63) is 70.2 Å². The molecule has 0 aliphatic carbocycles. The highest BCUT2D eigenvalue weighted by Crippen LogP contribution is 2.27. The number of halogens is 1. The molecule has 0 bridgehead atoms. The Bertz CT molecular complexity index is 721. The fourth-order valence-electron chi connectivity index (χ4n) is 3.30. The lowest BCUT2D eigenvalue weighted by Gasteiger charge is -2.37. The summed E-state index contributed by atoms with van der Waals surface area (Å²) < 4.78 is 6.97. The van der Waals surface area contributed by atoms with Gasteiger partial charge in [0, 0.05) is 11.0 Å². The Morgan fingerprint density at radius 1 is 1.23 bits per heavy atom. The molecule has 2 aromatic carbocycles. The first-order valence-corrected chi connectivity index (χ1v) is 9.80. The van der Waals surface area contributed by atoms with Crippen molar-refractivity contribution in [1.29, 1.82) is 0 Å². The number of ether oxygens (including phenoxy) is 1. The third-order valence-corrected chi connectivity index (χ3v) is 5.44. The summed E-state index contributed by atoms with van der Waals surface area (Å²) >= 11 is 3.46. The van der Waals surface area contributed by atoms with E-state index in [0.717, 1.165) is 22.1 Å². The fraction of sp³-hybridized carbons (Fsp3) is 0.381. The first kappa shape index (κ1) is 19.1. The van der Waals surface area contributed by atoms with Crippen LogP contribution >= 0.6 is 15.9 Å². The molecule has 0 aromatic heterocycles. The van der Waals surface area contributed by atoms with Gasteiger partial charge in [0.25, 0.3) is 0 Å². The molecule has 4 nitrogen and oxygen atoms in total. The smallest absolute Gasteiger partial charge is 0.244 e. The van der Waals surface area contributed by atoms with Gasteiger partial charge in [-0.05, 0) is 36.9 Å². The van der Waals surface area contributed by atoms with Gasteiger partial charge in [-0.2, -0.15) is 0 Å². The van der Waals surface area contributed by atoms with E-state index >= 15 is 0 Å². The van der Waals surface area contributed by atoms with Gasteiger partial charge in [-0.1, -0.05) is 65.3 Å². The molecule has 0 spiro atoms. The predicted octanol–water partition coefficient (Wildman–Crippen LogP) is 4.04. The minimum Gasteiger partial charge on any atom is -0.370 e. The molecular weight excluding hydrogens is 392 g/mol. The summed E-state index contributed by atoms with van der Waals surface area (Å²) in [7, 11) is 2.00. The molecule has 138 valence electrons. The first-order chi connectivity index (χ1) is 12.6. The van der Waals surface area contributed by atoms with E-state index in [2.05, 4.69) is 39.9 Å². The minimum atomic E-state index is -0.259. The molecule has 2 unspecified atom stereocenters. The van der Waals surface area contributed by atoms with Crippen LogP contribution in [0, 0.1) is 0 Å². The van der Waals surface area contributed by atoms with Crippen molar-refractivity contribution in [2.75, 3.05) is 33.3 Å². The molecule has 0 saturated carbocycles. The van der Waals surface area contributed by atoms with Crippen LogP contribution in [-0.2, 0) is 9.53 Å². The van der Waals surface area contributed by atoms with E-state index in [1.807, 2.05) is 54.4 Å². The summed E-state index contributed by atoms with van der Waals surface area (Å²) in [5.41, 5.74) is 2.14. The number of carbonyl (C=O) groups is 1. The summed E-state index contributed by atoms with van der Waals surface area (Å²) in [5, 5.41) is 0. The summed E-state index contributed by atoms with van der Waals surface area (Å²) in [6.45, 7) is 4.66. The van der Waals surface area contributed by atoms with Crippen LogP contribution in [0.4, 0.5) is 0 Å². The zero-order valence-corrected chi connectivity index (χ0v) is 16.9. The van der Waals surface area contributed by atoms with Crippen LogP contribution < -0.4 is 0 Å². The van der Waals surface area contributed by atoms with Gasteiger partial charge < -0.3 is 9.64 Å². The van der Waals surface area contributed by atoms with Gasteiger partial charge in [0.1, 0.15) is 12.1 Å². The Kier molecular flexibility index (Phi) is 6.46. The van der Waals surface area contributed by atoms with Crippen LogP contribution in [0.1, 0.15) is 30.2 Å². The number of likely N-dealkylation sites (N-methyl/N-ethyl adjacent to an activating group) is 1. The third-order valence-electron chi connectivity index (χ3n) is 4.91. The number of rotatable bonds is 5. The van der Waals surface area contributed by atoms with E-state index < -0.39 is 0 Å². The van der Waals surface area contributed by atoms with Crippen molar-refractivity contribution in [1.82, 2.24) is 9.80 Å². The topological polar surface area (TPSA) is 32.8 Å². The molecule has 1 saturated heterocycles. The van der Waals surface area contributed by atoms with E-state index in [0.29, 0.717) is 19.7 Å². The van der Waals surface area contributed by atoms with Gasteiger partial charge in [-0.3, -0.25) is 9.69 Å². The summed E-state index contributed by atoms with van der Waals surface area (Å²) in [6, 6.07) is 17.9. The van der Waals surface area contributed by atoms with Crippen LogP contribution in [-0.4, -0.2) is 49.0 Å². The normalized spacial score (nSPS) is 18.8. The van der Waals surface area contributed by atoms with Crippen LogP contribution in [0.15, 0.2) is 59.1 Å². The SMILES string of the molecule is CCN(C)C(C(=O)N1CCOC(c2ccc(Br)cc2)C1)c1ccccc1. The second-order valence-electron chi connectivity index (χ2n) is 6.58. The highest BCUT2D eigenvalue weighted by atomic mass is 79.9. The average Bonchev–Trinajstić information content (AvgIpc) is 2.69. The molecule has 2 aromatic rings. The predicted molar refractivity (Wildman–Crippen MR) is 107 cm³/mol. The number of carbonyl (C=O) groups excluding carboxylic acids is 1. The number of hydrogen-bond donors (Lipinski definition) is 0. The lowest BCUT2D eigenvalue weighted by molar-refractivity contribution is -0.144. The molecule has 3 rings (SSSR count). The van der Waals surface area contributed by atoms with Crippen molar-refractivity contribution in [2.45, 2.75) is 19.1 Å². The zero-order valence-electron chi connectivity index (χ0n) is 15.3. The number of hydrogen-bond acceptors (Lipinski definition) is 3. The minimum absolute atomic E-state index is 0.0795. The van der Waals surface area contributed by atoms with Crippen LogP contribution in [0.2, 0.25) is 0 Å². The number of benzene rings is 2. The second-order valence-corrected chi connectivity index (χ2v) is 7.50. The van der Waals surface area contributed by atoms with Crippen molar-refractivity contribution >= 4 is 21.8 Å². The Balaban J connectivity index is 1.79. The maximum absolute atomic E-state index is 13.4. The highest BCUT2D eigenvalue weighted by Gasteiger charge is 2.32. The molecule has 0 radical (unpaired) electrons. The molecule has 0 N–H and O–H groups in total. The lowest BCUT2D eigenvalue weighted by Crippen LogP contribution is -2.47. The lowest BCUT2D eigenvalue weighted by atomic mass is 10.0. The van der Waals surface area contributed by atoms with E-state index in [1.54, 1.807) is 0 Å². The molecule has 1 heterocycles. The quantitative estimate of drug-likeness (QED) is 0.736. The van der Waals surface area contributed by atoms with Gasteiger partial charge in [0.2, 0.25) is 5.91 Å². The summed E-state index contributed by atoms with van der Waals surface area (Å²) in [4.78, 5) is 17.4.